The SMILES string of the molecule is COc1cc(CCCC[C@H](F)[C@@H]2CCN([C@H](C(=O)O)c3cccnc3C3CCC3)C2)nc2c1CCCN2. The van der Waals surface area contributed by atoms with Gasteiger partial charge in [-0.15, -0.1) is 0 Å². The van der Waals surface area contributed by atoms with Crippen molar-refractivity contribution >= 4 is 11.8 Å². The molecular formula is C29H39FN4O3. The Labute approximate surface area is 218 Å². The first-order chi connectivity index (χ1) is 18.0. The van der Waals surface area contributed by atoms with E-state index in [4.69, 9.17) is 9.72 Å². The number of ether oxygens (including phenoxy) is 1. The lowest BCUT2D eigenvalue weighted by Crippen LogP contribution is -2.34. The third-order valence-corrected chi connectivity index (χ3v) is 8.44. The van der Waals surface area contributed by atoms with Crippen molar-refractivity contribution in [2.75, 3.05) is 32.1 Å². The number of hydrogen-bond acceptors (Lipinski definition) is 6. The van der Waals surface area contributed by atoms with E-state index in [2.05, 4.69) is 10.3 Å². The van der Waals surface area contributed by atoms with Gasteiger partial charge in [0.2, 0.25) is 0 Å². The van der Waals surface area contributed by atoms with Gasteiger partial charge in [-0.3, -0.25) is 14.7 Å². The van der Waals surface area contributed by atoms with Crippen LogP contribution in [0, 0.1) is 5.92 Å². The average molecular weight is 511 g/mol. The Morgan fingerprint density at radius 2 is 2.16 bits per heavy atom. The molecule has 2 aromatic heterocycles. The Morgan fingerprint density at radius 1 is 1.30 bits per heavy atom. The Kier molecular flexibility index (Phi) is 8.23. The van der Waals surface area contributed by atoms with Gasteiger partial charge >= 0.3 is 5.97 Å². The van der Waals surface area contributed by atoms with Crippen molar-refractivity contribution in [3.63, 3.8) is 0 Å². The summed E-state index contributed by atoms with van der Waals surface area (Å²) in [4.78, 5) is 23.6. The number of methoxy groups -OCH3 is 1. The predicted octanol–water partition coefficient (Wildman–Crippen LogP) is 5.31. The fourth-order valence-electron chi connectivity index (χ4n) is 6.16. The Hall–Kier alpha value is -2.74. The minimum Gasteiger partial charge on any atom is -0.496 e. The monoisotopic (exact) mass is 510 g/mol. The first-order valence-electron chi connectivity index (χ1n) is 13.9. The molecule has 0 radical (unpaired) electrons. The Bertz CT molecular complexity index is 1080. The summed E-state index contributed by atoms with van der Waals surface area (Å²) in [5.74, 6) is 1.18. The van der Waals surface area contributed by atoms with Crippen LogP contribution in [0.2, 0.25) is 0 Å². The molecule has 0 unspecified atom stereocenters. The van der Waals surface area contributed by atoms with Crippen molar-refractivity contribution in [2.24, 2.45) is 5.92 Å². The normalized spacial score (nSPS) is 21.5. The van der Waals surface area contributed by atoms with Crippen LogP contribution in [-0.2, 0) is 17.6 Å². The number of alkyl halides is 1. The quantitative estimate of drug-likeness (QED) is 0.396. The largest absolute Gasteiger partial charge is 0.496 e. The maximum atomic E-state index is 15.3. The molecular weight excluding hydrogens is 471 g/mol. The maximum absolute atomic E-state index is 15.3. The van der Waals surface area contributed by atoms with Gasteiger partial charge in [0.1, 0.15) is 23.8 Å². The van der Waals surface area contributed by atoms with Crippen molar-refractivity contribution in [3.8, 4) is 5.75 Å². The lowest BCUT2D eigenvalue weighted by atomic mass is 9.80. The van der Waals surface area contributed by atoms with Crippen molar-refractivity contribution in [1.29, 1.82) is 0 Å². The molecule has 0 spiro atoms. The van der Waals surface area contributed by atoms with Gasteiger partial charge in [-0.1, -0.05) is 18.9 Å². The highest BCUT2D eigenvalue weighted by Crippen LogP contribution is 2.41. The lowest BCUT2D eigenvalue weighted by molar-refractivity contribution is -0.143. The fraction of sp³-hybridized carbons (Fsp3) is 0.621. The van der Waals surface area contributed by atoms with Crippen molar-refractivity contribution in [1.82, 2.24) is 14.9 Å². The smallest absolute Gasteiger partial charge is 0.325 e. The number of carboxylic acids is 1. The highest BCUT2D eigenvalue weighted by atomic mass is 19.1. The van der Waals surface area contributed by atoms with Crippen LogP contribution in [0.5, 0.6) is 5.75 Å². The summed E-state index contributed by atoms with van der Waals surface area (Å²) in [6.07, 6.45) is 9.82. The van der Waals surface area contributed by atoms with Gasteiger partial charge in [0.25, 0.3) is 0 Å². The molecule has 2 fully saturated rings. The van der Waals surface area contributed by atoms with E-state index < -0.39 is 18.2 Å². The highest BCUT2D eigenvalue weighted by molar-refractivity contribution is 5.76. The number of aliphatic carboxylic acids is 1. The van der Waals surface area contributed by atoms with Gasteiger partial charge in [0, 0.05) is 59.7 Å². The topological polar surface area (TPSA) is 87.6 Å². The zero-order valence-electron chi connectivity index (χ0n) is 21.8. The zero-order chi connectivity index (χ0) is 25.8. The van der Waals surface area contributed by atoms with Gasteiger partial charge in [-0.25, -0.2) is 9.37 Å². The maximum Gasteiger partial charge on any atom is 0.325 e. The predicted molar refractivity (Wildman–Crippen MR) is 141 cm³/mol. The number of nitrogens with one attached hydrogen (secondary N) is 1. The van der Waals surface area contributed by atoms with E-state index in [-0.39, 0.29) is 5.92 Å². The summed E-state index contributed by atoms with van der Waals surface area (Å²) in [5, 5.41) is 13.5. The number of pyridine rings is 2. The van der Waals surface area contributed by atoms with Crippen LogP contribution in [0.1, 0.15) is 85.8 Å². The molecule has 7 nitrogen and oxygen atoms in total. The standard InChI is InChI=1S/C29H39FN4O3/c1-37-25-17-21(33-28-22(25)10-5-15-32-28)9-2-3-12-24(30)20-13-16-34(18-20)27(29(35)36)23-11-6-14-31-26(23)19-7-4-8-19/h6,11,14,17,19-20,24,27H,2-5,7-10,12-13,15-16,18H2,1H3,(H,32,33)(H,35,36)/t20-,24+,27+/m1/s1. The highest BCUT2D eigenvalue weighted by Gasteiger charge is 2.39. The molecule has 2 aromatic rings. The van der Waals surface area contributed by atoms with E-state index in [1.807, 2.05) is 23.1 Å². The first-order valence-corrected chi connectivity index (χ1v) is 13.9. The minimum atomic E-state index is -0.924. The van der Waals surface area contributed by atoms with Crippen LogP contribution in [0.4, 0.5) is 10.2 Å². The molecule has 3 atom stereocenters. The number of aromatic nitrogens is 2. The third-order valence-electron chi connectivity index (χ3n) is 8.44. The number of anilines is 1. The summed E-state index contributed by atoms with van der Waals surface area (Å²) in [5.41, 5.74) is 3.84. The van der Waals surface area contributed by atoms with Gasteiger partial charge in [-0.05, 0) is 64.0 Å². The molecule has 37 heavy (non-hydrogen) atoms. The molecule has 0 bridgehead atoms. The number of fused-ring (bicyclic) bond motifs is 1. The van der Waals surface area contributed by atoms with Crippen LogP contribution in [0.15, 0.2) is 24.4 Å². The summed E-state index contributed by atoms with van der Waals surface area (Å²) in [6.45, 7) is 2.01. The van der Waals surface area contributed by atoms with Crippen molar-refractivity contribution < 1.29 is 19.0 Å². The lowest BCUT2D eigenvalue weighted by Gasteiger charge is -2.31. The number of nitrogens with zero attached hydrogens (tertiary/aromatic N) is 3. The molecule has 3 aliphatic rings. The molecule has 1 saturated heterocycles. The van der Waals surface area contributed by atoms with E-state index in [0.29, 0.717) is 31.8 Å². The number of rotatable bonds is 11. The summed E-state index contributed by atoms with van der Waals surface area (Å²) in [7, 11) is 1.70. The first kappa shape index (κ1) is 25.9. The minimum absolute atomic E-state index is 0.128. The molecule has 0 amide bonds. The Morgan fingerprint density at radius 3 is 2.92 bits per heavy atom. The van der Waals surface area contributed by atoms with Gasteiger partial charge in [0.05, 0.1) is 7.11 Å². The molecule has 2 N–H and O–H groups in total. The number of hydrogen-bond donors (Lipinski definition) is 2. The van der Waals surface area contributed by atoms with Gasteiger partial charge < -0.3 is 15.2 Å². The fourth-order valence-corrected chi connectivity index (χ4v) is 6.16. The van der Waals surface area contributed by atoms with Crippen molar-refractivity contribution in [2.45, 2.75) is 82.3 Å². The molecule has 0 aromatic carbocycles. The van der Waals surface area contributed by atoms with Crippen LogP contribution in [-0.4, -0.2) is 58.9 Å². The van der Waals surface area contributed by atoms with Gasteiger partial charge in [-0.2, -0.15) is 0 Å². The van der Waals surface area contributed by atoms with E-state index in [0.717, 1.165) is 85.6 Å². The number of carboxylic acid groups (broad SMARTS) is 1. The molecule has 200 valence electrons. The molecule has 8 heteroatoms. The number of halogens is 1. The van der Waals surface area contributed by atoms with Gasteiger partial charge in [0.15, 0.2) is 0 Å². The second-order valence-electron chi connectivity index (χ2n) is 10.8. The molecule has 5 rings (SSSR count). The number of unbranched alkanes of at least 4 members (excludes halogenated alkanes) is 1. The third kappa shape index (κ3) is 5.74. The van der Waals surface area contributed by atoms with E-state index in [1.54, 1.807) is 13.3 Å². The molecule has 2 aliphatic heterocycles. The number of carbonyl (C=O) groups is 1. The number of likely N-dealkylation sites (tertiary alicyclic amines) is 1. The van der Waals surface area contributed by atoms with E-state index >= 15 is 4.39 Å². The molecule has 1 aliphatic carbocycles. The van der Waals surface area contributed by atoms with Crippen molar-refractivity contribution in [3.05, 3.63) is 46.9 Å². The van der Waals surface area contributed by atoms with Crippen LogP contribution in [0.3, 0.4) is 0 Å². The van der Waals surface area contributed by atoms with Crippen LogP contribution in [0.25, 0.3) is 0 Å². The van der Waals surface area contributed by atoms with Crippen LogP contribution >= 0.6 is 0 Å². The summed E-state index contributed by atoms with van der Waals surface area (Å²) >= 11 is 0. The second-order valence-corrected chi connectivity index (χ2v) is 10.8. The second kappa shape index (κ2) is 11.8. The average Bonchev–Trinajstić information content (AvgIpc) is 3.35. The molecule has 1 saturated carbocycles. The van der Waals surface area contributed by atoms with E-state index in [9.17, 15) is 9.90 Å². The molecule has 4 heterocycles. The van der Waals surface area contributed by atoms with Crippen LogP contribution < -0.4 is 10.1 Å². The number of aryl methyl sites for hydroxylation is 1. The van der Waals surface area contributed by atoms with E-state index in [1.165, 1.54) is 6.42 Å². The Balaban J connectivity index is 1.14. The zero-order valence-corrected chi connectivity index (χ0v) is 21.8. The summed E-state index contributed by atoms with van der Waals surface area (Å²) < 4.78 is 20.8. The summed E-state index contributed by atoms with van der Waals surface area (Å²) in [6, 6.07) is 5.00.